The Kier molecular flexibility index (Phi) is 4.30. The van der Waals surface area contributed by atoms with Gasteiger partial charge in [-0.05, 0) is 6.07 Å². The van der Waals surface area contributed by atoms with Crippen molar-refractivity contribution in [2.75, 3.05) is 6.54 Å². The smallest absolute Gasteiger partial charge is 0.329 e. The van der Waals surface area contributed by atoms with Crippen molar-refractivity contribution in [3.63, 3.8) is 0 Å². The van der Waals surface area contributed by atoms with Crippen LogP contribution in [0.5, 0.6) is 0 Å². The van der Waals surface area contributed by atoms with Crippen molar-refractivity contribution in [1.29, 1.82) is 5.26 Å². The molecule has 0 aliphatic carbocycles. The highest BCUT2D eigenvalue weighted by molar-refractivity contribution is 5.35. The largest absolute Gasteiger partial charge is 0.331 e. The summed E-state index contributed by atoms with van der Waals surface area (Å²) in [5.41, 5.74) is 4.46. The van der Waals surface area contributed by atoms with Crippen LogP contribution in [0.2, 0.25) is 0 Å². The monoisotopic (exact) mass is 288 g/mol. The molecule has 2 aromatic rings. The van der Waals surface area contributed by atoms with E-state index in [1.807, 2.05) is 0 Å². The molecule has 0 aliphatic rings. The Morgan fingerprint density at radius 2 is 2.05 bits per heavy atom. The van der Waals surface area contributed by atoms with Gasteiger partial charge in [0.1, 0.15) is 11.9 Å². The van der Waals surface area contributed by atoms with Gasteiger partial charge in [0.25, 0.3) is 5.56 Å². The fourth-order valence-corrected chi connectivity index (χ4v) is 1.98. The maximum Gasteiger partial charge on any atom is 0.331 e. The van der Waals surface area contributed by atoms with Crippen molar-refractivity contribution in [2.24, 2.45) is 5.73 Å². The minimum Gasteiger partial charge on any atom is -0.329 e. The SMILES string of the molecule is N#Cc1cccc(Cn2ccc(=O)n(CCN)c2=O)c1F. The first-order chi connectivity index (χ1) is 10.1. The molecule has 1 aromatic heterocycles. The number of nitriles is 1. The van der Waals surface area contributed by atoms with Crippen LogP contribution in [0.15, 0.2) is 40.1 Å². The van der Waals surface area contributed by atoms with E-state index in [1.165, 1.54) is 35.0 Å². The average molecular weight is 288 g/mol. The lowest BCUT2D eigenvalue weighted by Crippen LogP contribution is -2.40. The number of nitrogens with two attached hydrogens (primary N) is 1. The molecule has 0 spiro atoms. The molecule has 6 nitrogen and oxygen atoms in total. The zero-order valence-corrected chi connectivity index (χ0v) is 11.1. The van der Waals surface area contributed by atoms with E-state index in [4.69, 9.17) is 11.0 Å². The van der Waals surface area contributed by atoms with Crippen LogP contribution in [-0.2, 0) is 13.1 Å². The van der Waals surface area contributed by atoms with E-state index in [1.54, 1.807) is 6.07 Å². The quantitative estimate of drug-likeness (QED) is 0.858. The van der Waals surface area contributed by atoms with E-state index in [9.17, 15) is 14.0 Å². The first-order valence-electron chi connectivity index (χ1n) is 6.26. The third kappa shape index (κ3) is 2.90. The Bertz CT molecular complexity index is 817. The van der Waals surface area contributed by atoms with Crippen molar-refractivity contribution in [3.8, 4) is 6.07 Å². The van der Waals surface area contributed by atoms with Gasteiger partial charge in [0, 0.05) is 30.9 Å². The van der Waals surface area contributed by atoms with E-state index < -0.39 is 17.1 Å². The summed E-state index contributed by atoms with van der Waals surface area (Å²) in [6.07, 6.45) is 1.30. The van der Waals surface area contributed by atoms with Crippen LogP contribution >= 0.6 is 0 Å². The molecule has 0 amide bonds. The minimum atomic E-state index is -0.663. The maximum absolute atomic E-state index is 14.0. The van der Waals surface area contributed by atoms with Crippen molar-refractivity contribution in [1.82, 2.24) is 9.13 Å². The third-order valence-corrected chi connectivity index (χ3v) is 3.03. The van der Waals surface area contributed by atoms with Gasteiger partial charge < -0.3 is 5.73 Å². The van der Waals surface area contributed by atoms with Crippen LogP contribution in [0, 0.1) is 17.1 Å². The van der Waals surface area contributed by atoms with Crippen LogP contribution in [0.4, 0.5) is 4.39 Å². The van der Waals surface area contributed by atoms with E-state index in [0.29, 0.717) is 0 Å². The summed E-state index contributed by atoms with van der Waals surface area (Å²) in [7, 11) is 0. The highest BCUT2D eigenvalue weighted by Crippen LogP contribution is 2.12. The van der Waals surface area contributed by atoms with Gasteiger partial charge in [-0.15, -0.1) is 0 Å². The predicted octanol–water partition coefficient (Wildman–Crippen LogP) is 0.0278. The number of rotatable bonds is 4. The van der Waals surface area contributed by atoms with Gasteiger partial charge in [-0.3, -0.25) is 13.9 Å². The number of hydrogen-bond donors (Lipinski definition) is 1. The van der Waals surface area contributed by atoms with Crippen molar-refractivity contribution in [3.05, 3.63) is 68.2 Å². The molecule has 0 atom stereocenters. The topological polar surface area (TPSA) is 93.8 Å². The fraction of sp³-hybridized carbons (Fsp3) is 0.214. The van der Waals surface area contributed by atoms with Crippen molar-refractivity contribution >= 4 is 0 Å². The van der Waals surface area contributed by atoms with Crippen LogP contribution in [0.3, 0.4) is 0 Å². The van der Waals surface area contributed by atoms with Crippen molar-refractivity contribution in [2.45, 2.75) is 13.1 Å². The lowest BCUT2D eigenvalue weighted by atomic mass is 10.1. The second kappa shape index (κ2) is 6.15. The van der Waals surface area contributed by atoms with E-state index >= 15 is 0 Å². The van der Waals surface area contributed by atoms with Gasteiger partial charge in [-0.1, -0.05) is 12.1 Å². The molecule has 2 N–H and O–H groups in total. The van der Waals surface area contributed by atoms with E-state index in [-0.39, 0.29) is 30.8 Å². The fourth-order valence-electron chi connectivity index (χ4n) is 1.98. The van der Waals surface area contributed by atoms with Crippen molar-refractivity contribution < 1.29 is 4.39 Å². The Morgan fingerprint density at radius 3 is 2.71 bits per heavy atom. The number of halogens is 1. The molecule has 0 saturated heterocycles. The molecule has 0 fully saturated rings. The molecule has 0 aliphatic heterocycles. The van der Waals surface area contributed by atoms with Gasteiger partial charge in [0.15, 0.2) is 0 Å². The third-order valence-electron chi connectivity index (χ3n) is 3.03. The first kappa shape index (κ1) is 14.7. The molecule has 0 bridgehead atoms. The van der Waals surface area contributed by atoms with Crippen LogP contribution in [-0.4, -0.2) is 15.7 Å². The molecular weight excluding hydrogens is 275 g/mol. The average Bonchev–Trinajstić information content (AvgIpc) is 2.48. The highest BCUT2D eigenvalue weighted by Gasteiger charge is 2.10. The predicted molar refractivity (Wildman–Crippen MR) is 74.2 cm³/mol. The number of benzene rings is 1. The Hall–Kier alpha value is -2.72. The van der Waals surface area contributed by atoms with Gasteiger partial charge >= 0.3 is 5.69 Å². The summed E-state index contributed by atoms with van der Waals surface area (Å²) in [6.45, 7) is 0.182. The Morgan fingerprint density at radius 1 is 1.29 bits per heavy atom. The van der Waals surface area contributed by atoms with Crippen LogP contribution in [0.25, 0.3) is 0 Å². The molecule has 0 saturated carbocycles. The van der Waals surface area contributed by atoms with Gasteiger partial charge in [0.2, 0.25) is 0 Å². The molecule has 1 heterocycles. The molecule has 0 unspecified atom stereocenters. The summed E-state index contributed by atoms with van der Waals surface area (Å²) in [5.74, 6) is -0.663. The molecular formula is C14H13FN4O2. The maximum atomic E-state index is 14.0. The number of aromatic nitrogens is 2. The highest BCUT2D eigenvalue weighted by atomic mass is 19.1. The lowest BCUT2D eigenvalue weighted by molar-refractivity contribution is 0.557. The zero-order chi connectivity index (χ0) is 15.4. The molecule has 1 aromatic carbocycles. The lowest BCUT2D eigenvalue weighted by Gasteiger charge is -2.10. The van der Waals surface area contributed by atoms with Gasteiger partial charge in [0.05, 0.1) is 12.1 Å². The minimum absolute atomic E-state index is 0.0644. The zero-order valence-electron chi connectivity index (χ0n) is 11.1. The molecule has 0 radical (unpaired) electrons. The number of nitrogens with zero attached hydrogens (tertiary/aromatic N) is 3. The summed E-state index contributed by atoms with van der Waals surface area (Å²) in [5, 5.41) is 8.80. The molecule has 21 heavy (non-hydrogen) atoms. The van der Waals surface area contributed by atoms with Gasteiger partial charge in [-0.25, -0.2) is 9.18 Å². The summed E-state index contributed by atoms with van der Waals surface area (Å²) < 4.78 is 16.2. The molecule has 7 heteroatoms. The Balaban J connectivity index is 2.46. The second-order valence-corrected chi connectivity index (χ2v) is 4.40. The van der Waals surface area contributed by atoms with Gasteiger partial charge in [-0.2, -0.15) is 5.26 Å². The summed E-state index contributed by atoms with van der Waals surface area (Å²) >= 11 is 0. The second-order valence-electron chi connectivity index (χ2n) is 4.40. The summed E-state index contributed by atoms with van der Waals surface area (Å²) in [6, 6.07) is 7.35. The molecule has 108 valence electrons. The normalized spacial score (nSPS) is 10.3. The van der Waals surface area contributed by atoms with E-state index in [2.05, 4.69) is 0 Å². The molecule has 2 rings (SSSR count). The first-order valence-corrected chi connectivity index (χ1v) is 6.26. The summed E-state index contributed by atoms with van der Waals surface area (Å²) in [4.78, 5) is 23.7. The van der Waals surface area contributed by atoms with Crippen LogP contribution in [0.1, 0.15) is 11.1 Å². The number of hydrogen-bond acceptors (Lipinski definition) is 4. The van der Waals surface area contributed by atoms with E-state index in [0.717, 1.165) is 4.57 Å². The standard InChI is InChI=1S/C14H13FN4O2/c15-13-10(8-17)2-1-3-11(13)9-18-6-4-12(20)19(7-5-16)14(18)21/h1-4,6H,5,7,9,16H2. The Labute approximate surface area is 119 Å². The van der Waals surface area contributed by atoms with Crippen LogP contribution < -0.4 is 17.0 Å².